The van der Waals surface area contributed by atoms with Gasteiger partial charge in [0.1, 0.15) is 0 Å². The SMILES string of the molecule is C=CCCCCCC/C=C/C(CC)C(=O)O. The number of carboxylic acids is 1. The Labute approximate surface area is 99.1 Å². The van der Waals surface area contributed by atoms with E-state index < -0.39 is 5.97 Å². The van der Waals surface area contributed by atoms with E-state index in [-0.39, 0.29) is 5.92 Å². The summed E-state index contributed by atoms with van der Waals surface area (Å²) in [6.07, 6.45) is 13.4. The third kappa shape index (κ3) is 8.27. The summed E-state index contributed by atoms with van der Waals surface area (Å²) in [7, 11) is 0. The molecule has 0 aliphatic carbocycles. The molecule has 0 amide bonds. The van der Waals surface area contributed by atoms with E-state index in [1.807, 2.05) is 25.2 Å². The Kier molecular flexibility index (Phi) is 9.78. The molecule has 0 aliphatic rings. The molecular formula is C14H24O2. The van der Waals surface area contributed by atoms with Gasteiger partial charge >= 0.3 is 5.97 Å². The molecule has 0 saturated heterocycles. The predicted molar refractivity (Wildman–Crippen MR) is 68.5 cm³/mol. The highest BCUT2D eigenvalue weighted by molar-refractivity contribution is 5.71. The summed E-state index contributed by atoms with van der Waals surface area (Å²) in [5.41, 5.74) is 0. The van der Waals surface area contributed by atoms with Gasteiger partial charge in [0.25, 0.3) is 0 Å². The predicted octanol–water partition coefficient (Wildman–Crippen LogP) is 4.18. The van der Waals surface area contributed by atoms with Crippen LogP contribution in [-0.2, 0) is 4.79 Å². The number of rotatable bonds is 10. The maximum absolute atomic E-state index is 10.7. The molecule has 0 aromatic carbocycles. The van der Waals surface area contributed by atoms with Crippen LogP contribution in [0.3, 0.4) is 0 Å². The molecule has 0 bridgehead atoms. The fraction of sp³-hybridized carbons (Fsp3) is 0.643. The lowest BCUT2D eigenvalue weighted by molar-refractivity contribution is -0.140. The Morgan fingerprint density at radius 3 is 2.38 bits per heavy atom. The lowest BCUT2D eigenvalue weighted by atomic mass is 10.0. The van der Waals surface area contributed by atoms with Crippen molar-refractivity contribution in [3.8, 4) is 0 Å². The highest BCUT2D eigenvalue weighted by Crippen LogP contribution is 2.09. The molecule has 0 spiro atoms. The minimum Gasteiger partial charge on any atom is -0.481 e. The van der Waals surface area contributed by atoms with Crippen LogP contribution < -0.4 is 0 Å². The van der Waals surface area contributed by atoms with E-state index >= 15 is 0 Å². The lowest BCUT2D eigenvalue weighted by Crippen LogP contribution is -2.08. The number of aliphatic carboxylic acids is 1. The van der Waals surface area contributed by atoms with Gasteiger partial charge in [0, 0.05) is 0 Å². The molecule has 16 heavy (non-hydrogen) atoms. The van der Waals surface area contributed by atoms with Crippen LogP contribution >= 0.6 is 0 Å². The summed E-state index contributed by atoms with van der Waals surface area (Å²) in [6.45, 7) is 5.59. The second-order valence-electron chi connectivity index (χ2n) is 4.06. The lowest BCUT2D eigenvalue weighted by Gasteiger charge is -2.02. The fourth-order valence-corrected chi connectivity index (χ4v) is 1.56. The highest BCUT2D eigenvalue weighted by atomic mass is 16.4. The van der Waals surface area contributed by atoms with Gasteiger partial charge in [0.05, 0.1) is 5.92 Å². The van der Waals surface area contributed by atoms with Gasteiger partial charge in [-0.2, -0.15) is 0 Å². The van der Waals surface area contributed by atoms with Crippen molar-refractivity contribution in [1.29, 1.82) is 0 Å². The summed E-state index contributed by atoms with van der Waals surface area (Å²) >= 11 is 0. The van der Waals surface area contributed by atoms with Gasteiger partial charge < -0.3 is 5.11 Å². The van der Waals surface area contributed by atoms with Crippen molar-refractivity contribution < 1.29 is 9.90 Å². The van der Waals surface area contributed by atoms with Crippen molar-refractivity contribution in [3.05, 3.63) is 24.8 Å². The van der Waals surface area contributed by atoms with Crippen molar-refractivity contribution in [2.24, 2.45) is 5.92 Å². The number of carbonyl (C=O) groups is 1. The van der Waals surface area contributed by atoms with Crippen LogP contribution in [0.2, 0.25) is 0 Å². The second kappa shape index (κ2) is 10.5. The van der Waals surface area contributed by atoms with Gasteiger partial charge in [-0.1, -0.05) is 38.0 Å². The molecule has 92 valence electrons. The summed E-state index contributed by atoms with van der Waals surface area (Å²) in [6, 6.07) is 0. The van der Waals surface area contributed by atoms with E-state index in [0.717, 1.165) is 19.3 Å². The van der Waals surface area contributed by atoms with Gasteiger partial charge in [0.2, 0.25) is 0 Å². The quantitative estimate of drug-likeness (QED) is 0.446. The molecule has 1 N–H and O–H groups in total. The molecule has 0 heterocycles. The molecule has 1 unspecified atom stereocenters. The number of hydrogen-bond acceptors (Lipinski definition) is 1. The summed E-state index contributed by atoms with van der Waals surface area (Å²) in [4.78, 5) is 10.7. The van der Waals surface area contributed by atoms with Gasteiger partial charge in [-0.05, 0) is 32.1 Å². The maximum Gasteiger partial charge on any atom is 0.310 e. The Balaban J connectivity index is 3.45. The van der Waals surface area contributed by atoms with Crippen molar-refractivity contribution in [2.75, 3.05) is 0 Å². The van der Waals surface area contributed by atoms with Crippen LogP contribution in [0.4, 0.5) is 0 Å². The zero-order chi connectivity index (χ0) is 12.2. The molecule has 0 aromatic heterocycles. The smallest absolute Gasteiger partial charge is 0.310 e. The van der Waals surface area contributed by atoms with Crippen molar-refractivity contribution in [2.45, 2.75) is 51.9 Å². The van der Waals surface area contributed by atoms with Crippen molar-refractivity contribution in [1.82, 2.24) is 0 Å². The zero-order valence-electron chi connectivity index (χ0n) is 10.3. The van der Waals surface area contributed by atoms with Crippen LogP contribution in [0.1, 0.15) is 51.9 Å². The first-order valence-corrected chi connectivity index (χ1v) is 6.22. The van der Waals surface area contributed by atoms with Crippen molar-refractivity contribution >= 4 is 5.97 Å². The average Bonchev–Trinajstić information content (AvgIpc) is 2.26. The monoisotopic (exact) mass is 224 g/mol. The number of carboxylic acid groups (broad SMARTS) is 1. The fourth-order valence-electron chi connectivity index (χ4n) is 1.56. The van der Waals surface area contributed by atoms with Crippen LogP contribution in [0.15, 0.2) is 24.8 Å². The molecule has 0 aromatic rings. The van der Waals surface area contributed by atoms with Gasteiger partial charge in [-0.15, -0.1) is 6.58 Å². The average molecular weight is 224 g/mol. The van der Waals surface area contributed by atoms with Crippen LogP contribution in [-0.4, -0.2) is 11.1 Å². The van der Waals surface area contributed by atoms with Crippen LogP contribution in [0.25, 0.3) is 0 Å². The third-order valence-corrected chi connectivity index (χ3v) is 2.65. The summed E-state index contributed by atoms with van der Waals surface area (Å²) in [5.74, 6) is -1.02. The highest BCUT2D eigenvalue weighted by Gasteiger charge is 2.09. The normalized spacial score (nSPS) is 12.8. The largest absolute Gasteiger partial charge is 0.481 e. The molecule has 2 nitrogen and oxygen atoms in total. The van der Waals surface area contributed by atoms with Gasteiger partial charge in [-0.3, -0.25) is 4.79 Å². The first-order valence-electron chi connectivity index (χ1n) is 6.22. The molecule has 0 rings (SSSR count). The topological polar surface area (TPSA) is 37.3 Å². The first-order chi connectivity index (χ1) is 7.72. The maximum atomic E-state index is 10.7. The Bertz CT molecular complexity index is 219. The minimum absolute atomic E-state index is 0.305. The molecule has 0 aliphatic heterocycles. The third-order valence-electron chi connectivity index (χ3n) is 2.65. The van der Waals surface area contributed by atoms with E-state index in [0.29, 0.717) is 6.42 Å². The van der Waals surface area contributed by atoms with E-state index in [9.17, 15) is 4.79 Å². The first kappa shape index (κ1) is 14.9. The summed E-state index contributed by atoms with van der Waals surface area (Å²) in [5, 5.41) is 8.81. The molecule has 0 fully saturated rings. The molecular weight excluding hydrogens is 200 g/mol. The Morgan fingerprint density at radius 2 is 1.88 bits per heavy atom. The Hall–Kier alpha value is -1.05. The molecule has 2 heteroatoms. The zero-order valence-corrected chi connectivity index (χ0v) is 10.3. The Morgan fingerprint density at radius 1 is 1.25 bits per heavy atom. The number of hydrogen-bond donors (Lipinski definition) is 1. The van der Waals surface area contributed by atoms with E-state index in [1.54, 1.807) is 0 Å². The standard InChI is InChI=1S/C14H24O2/c1-3-5-6-7-8-9-10-11-12-13(4-2)14(15)16/h3,11-13H,1,4-10H2,2H3,(H,15,16)/b12-11+. The summed E-state index contributed by atoms with van der Waals surface area (Å²) < 4.78 is 0. The van der Waals surface area contributed by atoms with E-state index in [1.165, 1.54) is 19.3 Å². The van der Waals surface area contributed by atoms with Gasteiger partial charge in [-0.25, -0.2) is 0 Å². The van der Waals surface area contributed by atoms with Gasteiger partial charge in [0.15, 0.2) is 0 Å². The molecule has 0 radical (unpaired) electrons. The van der Waals surface area contributed by atoms with Crippen LogP contribution in [0.5, 0.6) is 0 Å². The van der Waals surface area contributed by atoms with E-state index in [2.05, 4.69) is 6.58 Å². The van der Waals surface area contributed by atoms with E-state index in [4.69, 9.17) is 5.11 Å². The number of unbranched alkanes of at least 4 members (excludes halogenated alkanes) is 5. The molecule has 0 saturated carbocycles. The van der Waals surface area contributed by atoms with Crippen molar-refractivity contribution in [3.63, 3.8) is 0 Å². The minimum atomic E-state index is -0.718. The van der Waals surface area contributed by atoms with Crippen LogP contribution in [0, 0.1) is 5.92 Å². The number of allylic oxidation sites excluding steroid dienone is 2. The molecule has 1 atom stereocenters. The second-order valence-corrected chi connectivity index (χ2v) is 4.06.